The van der Waals surface area contributed by atoms with Crippen molar-refractivity contribution >= 4 is 17.3 Å². The van der Waals surface area contributed by atoms with Gasteiger partial charge < -0.3 is 10.2 Å². The summed E-state index contributed by atoms with van der Waals surface area (Å²) in [4.78, 5) is 2.44. The van der Waals surface area contributed by atoms with E-state index in [1.54, 1.807) is 0 Å². The number of halogens is 1. The maximum Gasteiger partial charge on any atom is 0.0412 e. The Morgan fingerprint density at radius 1 is 1.15 bits per heavy atom. The average molecular weight is 297 g/mol. The second-order valence-corrected chi connectivity index (χ2v) is 6.67. The maximum atomic E-state index is 6.17. The Labute approximate surface area is 129 Å². The van der Waals surface area contributed by atoms with Gasteiger partial charge in [-0.1, -0.05) is 39.3 Å². The summed E-state index contributed by atoms with van der Waals surface area (Å²) < 4.78 is 0. The minimum atomic E-state index is 0.655. The minimum Gasteiger partial charge on any atom is -0.371 e. The van der Waals surface area contributed by atoms with E-state index in [1.165, 1.54) is 11.3 Å². The summed E-state index contributed by atoms with van der Waals surface area (Å²) in [6.07, 6.45) is 0. The lowest BCUT2D eigenvalue weighted by Gasteiger charge is -2.28. The monoisotopic (exact) mass is 296 g/mol. The van der Waals surface area contributed by atoms with Crippen molar-refractivity contribution in [3.8, 4) is 0 Å². The van der Waals surface area contributed by atoms with E-state index >= 15 is 0 Å². The van der Waals surface area contributed by atoms with Gasteiger partial charge in [-0.3, -0.25) is 0 Å². The Hall–Kier alpha value is -0.730. The Morgan fingerprint density at radius 2 is 1.85 bits per heavy atom. The first-order valence-electron chi connectivity index (χ1n) is 7.68. The van der Waals surface area contributed by atoms with E-state index in [0.29, 0.717) is 11.8 Å². The molecule has 0 aromatic heterocycles. The Bertz CT molecular complexity index is 402. The van der Waals surface area contributed by atoms with Gasteiger partial charge in [0.25, 0.3) is 0 Å². The minimum absolute atomic E-state index is 0.655. The van der Waals surface area contributed by atoms with Gasteiger partial charge in [0.15, 0.2) is 0 Å². The standard InChI is InChI=1S/C17H29ClN2/c1-6-20(12-14(4)5)17-8-7-16(18)9-15(17)11-19-10-13(2)3/h7-9,13-14,19H,6,10-12H2,1-5H3. The molecule has 114 valence electrons. The molecule has 0 aliphatic carbocycles. The van der Waals surface area contributed by atoms with Crippen LogP contribution in [0.2, 0.25) is 5.02 Å². The predicted octanol–water partition coefficient (Wildman–Crippen LogP) is 4.57. The summed E-state index contributed by atoms with van der Waals surface area (Å²) in [5.41, 5.74) is 2.60. The van der Waals surface area contributed by atoms with Gasteiger partial charge in [-0.25, -0.2) is 0 Å². The van der Waals surface area contributed by atoms with Gasteiger partial charge in [-0.05, 0) is 49.1 Å². The van der Waals surface area contributed by atoms with Crippen LogP contribution < -0.4 is 10.2 Å². The summed E-state index contributed by atoms with van der Waals surface area (Å²) in [6, 6.07) is 6.24. The first kappa shape index (κ1) is 17.3. The lowest BCUT2D eigenvalue weighted by molar-refractivity contribution is 0.550. The molecule has 0 atom stereocenters. The van der Waals surface area contributed by atoms with Gasteiger partial charge in [0, 0.05) is 30.3 Å². The second kappa shape index (κ2) is 8.53. The van der Waals surface area contributed by atoms with E-state index in [9.17, 15) is 0 Å². The van der Waals surface area contributed by atoms with Gasteiger partial charge >= 0.3 is 0 Å². The zero-order valence-corrected chi connectivity index (χ0v) is 14.3. The molecule has 1 rings (SSSR count). The quantitative estimate of drug-likeness (QED) is 0.756. The molecule has 0 radical (unpaired) electrons. The van der Waals surface area contributed by atoms with Crippen LogP contribution in [0, 0.1) is 11.8 Å². The van der Waals surface area contributed by atoms with Crippen molar-refractivity contribution in [3.05, 3.63) is 28.8 Å². The van der Waals surface area contributed by atoms with Gasteiger partial charge in [-0.15, -0.1) is 0 Å². The van der Waals surface area contributed by atoms with Crippen molar-refractivity contribution in [3.63, 3.8) is 0 Å². The molecule has 0 unspecified atom stereocenters. The van der Waals surface area contributed by atoms with E-state index in [-0.39, 0.29) is 0 Å². The molecule has 2 nitrogen and oxygen atoms in total. The highest BCUT2D eigenvalue weighted by molar-refractivity contribution is 6.30. The molecule has 0 fully saturated rings. The Morgan fingerprint density at radius 3 is 2.40 bits per heavy atom. The number of nitrogens with zero attached hydrogens (tertiary/aromatic N) is 1. The first-order valence-corrected chi connectivity index (χ1v) is 8.05. The molecule has 0 aliphatic rings. The first-order chi connectivity index (χ1) is 9.43. The second-order valence-electron chi connectivity index (χ2n) is 6.23. The fourth-order valence-electron chi connectivity index (χ4n) is 2.34. The normalized spacial score (nSPS) is 11.4. The number of nitrogens with one attached hydrogen (secondary N) is 1. The van der Waals surface area contributed by atoms with E-state index < -0.39 is 0 Å². The summed E-state index contributed by atoms with van der Waals surface area (Å²) >= 11 is 6.17. The number of hydrogen-bond acceptors (Lipinski definition) is 2. The number of anilines is 1. The third kappa shape index (κ3) is 5.72. The van der Waals surface area contributed by atoms with Crippen LogP contribution in [0.4, 0.5) is 5.69 Å². The van der Waals surface area contributed by atoms with Gasteiger partial charge in [-0.2, -0.15) is 0 Å². The number of benzene rings is 1. The van der Waals surface area contributed by atoms with Crippen LogP contribution in [0.25, 0.3) is 0 Å². The molecule has 3 heteroatoms. The maximum absolute atomic E-state index is 6.17. The molecule has 0 saturated heterocycles. The smallest absolute Gasteiger partial charge is 0.0412 e. The van der Waals surface area contributed by atoms with Crippen molar-refractivity contribution in [1.29, 1.82) is 0 Å². The zero-order valence-electron chi connectivity index (χ0n) is 13.5. The van der Waals surface area contributed by atoms with Crippen molar-refractivity contribution in [1.82, 2.24) is 5.32 Å². The summed E-state index contributed by atoms with van der Waals surface area (Å²) in [5.74, 6) is 1.32. The van der Waals surface area contributed by atoms with Crippen LogP contribution in [0.3, 0.4) is 0 Å². The molecular weight excluding hydrogens is 268 g/mol. The van der Waals surface area contributed by atoms with Gasteiger partial charge in [0.05, 0.1) is 0 Å². The van der Waals surface area contributed by atoms with Crippen LogP contribution in [0.1, 0.15) is 40.2 Å². The lowest BCUT2D eigenvalue weighted by Crippen LogP contribution is -2.29. The number of rotatable bonds is 8. The van der Waals surface area contributed by atoms with Crippen molar-refractivity contribution in [2.45, 2.75) is 41.2 Å². The lowest BCUT2D eigenvalue weighted by atomic mass is 10.1. The van der Waals surface area contributed by atoms with Gasteiger partial charge in [0.1, 0.15) is 0 Å². The van der Waals surface area contributed by atoms with Crippen molar-refractivity contribution in [2.24, 2.45) is 11.8 Å². The van der Waals surface area contributed by atoms with Crippen LogP contribution in [0.15, 0.2) is 18.2 Å². The number of hydrogen-bond donors (Lipinski definition) is 1. The molecular formula is C17H29ClN2. The fraction of sp³-hybridized carbons (Fsp3) is 0.647. The molecule has 20 heavy (non-hydrogen) atoms. The van der Waals surface area contributed by atoms with Crippen LogP contribution in [-0.2, 0) is 6.54 Å². The van der Waals surface area contributed by atoms with Crippen LogP contribution in [-0.4, -0.2) is 19.6 Å². The fourth-order valence-corrected chi connectivity index (χ4v) is 2.53. The topological polar surface area (TPSA) is 15.3 Å². The van der Waals surface area contributed by atoms with E-state index in [1.807, 2.05) is 6.07 Å². The molecule has 0 spiro atoms. The van der Waals surface area contributed by atoms with E-state index in [0.717, 1.165) is 31.2 Å². The molecule has 0 aliphatic heterocycles. The van der Waals surface area contributed by atoms with Crippen LogP contribution in [0.5, 0.6) is 0 Å². The highest BCUT2D eigenvalue weighted by Gasteiger charge is 2.11. The zero-order chi connectivity index (χ0) is 15.1. The highest BCUT2D eigenvalue weighted by atomic mass is 35.5. The highest BCUT2D eigenvalue weighted by Crippen LogP contribution is 2.25. The molecule has 0 saturated carbocycles. The summed E-state index contributed by atoms with van der Waals surface area (Å²) in [5, 5.41) is 4.33. The largest absolute Gasteiger partial charge is 0.371 e. The average Bonchev–Trinajstić information content (AvgIpc) is 2.36. The molecule has 1 N–H and O–H groups in total. The molecule has 1 aromatic carbocycles. The van der Waals surface area contributed by atoms with E-state index in [4.69, 9.17) is 11.6 Å². The molecule has 0 bridgehead atoms. The van der Waals surface area contributed by atoms with E-state index in [2.05, 4.69) is 57.0 Å². The van der Waals surface area contributed by atoms with Gasteiger partial charge in [0.2, 0.25) is 0 Å². The Balaban J connectivity index is 2.87. The Kier molecular flexibility index (Phi) is 7.39. The SMILES string of the molecule is CCN(CC(C)C)c1ccc(Cl)cc1CNCC(C)C. The van der Waals surface area contributed by atoms with Crippen LogP contribution >= 0.6 is 11.6 Å². The van der Waals surface area contributed by atoms with Crippen molar-refractivity contribution < 1.29 is 0 Å². The van der Waals surface area contributed by atoms with Crippen molar-refractivity contribution in [2.75, 3.05) is 24.5 Å². The summed E-state index contributed by atoms with van der Waals surface area (Å²) in [6.45, 7) is 15.2. The third-order valence-electron chi connectivity index (χ3n) is 3.22. The summed E-state index contributed by atoms with van der Waals surface area (Å²) in [7, 11) is 0. The molecule has 0 amide bonds. The predicted molar refractivity (Wildman–Crippen MR) is 90.7 cm³/mol. The molecule has 1 aromatic rings. The molecule has 0 heterocycles. The third-order valence-corrected chi connectivity index (χ3v) is 3.45.